The van der Waals surface area contributed by atoms with Crippen LogP contribution in [0.1, 0.15) is 17.5 Å². The topological polar surface area (TPSA) is 71.3 Å². The highest BCUT2D eigenvalue weighted by Crippen LogP contribution is 2.29. The molecule has 0 saturated carbocycles. The highest BCUT2D eigenvalue weighted by molar-refractivity contribution is 6.30. The fourth-order valence-electron chi connectivity index (χ4n) is 2.26. The Morgan fingerprint density at radius 1 is 1.20 bits per heavy atom. The third-order valence-corrected chi connectivity index (χ3v) is 3.72. The van der Waals surface area contributed by atoms with Gasteiger partial charge in [0.1, 0.15) is 13.0 Å². The number of hydrogen-bond donors (Lipinski definition) is 1. The van der Waals surface area contributed by atoms with Crippen LogP contribution >= 0.6 is 11.6 Å². The molecule has 0 radical (unpaired) electrons. The minimum Gasteiger partial charge on any atom is -0.493 e. The number of carbonyl (C=O) groups excluding carboxylic acids is 1. The van der Waals surface area contributed by atoms with Crippen LogP contribution in [-0.4, -0.2) is 19.6 Å². The monoisotopic (exact) mass is 358 g/mol. The zero-order valence-electron chi connectivity index (χ0n) is 13.9. The molecule has 0 heterocycles. The number of nitrogens with one attached hydrogen (secondary N) is 1. The van der Waals surface area contributed by atoms with Gasteiger partial charge in [-0.05, 0) is 41.8 Å². The smallest absolute Gasteiger partial charge is 0.234 e. The number of rotatable bonds is 8. The predicted molar refractivity (Wildman–Crippen MR) is 95.7 cm³/mol. The van der Waals surface area contributed by atoms with Crippen LogP contribution in [0.2, 0.25) is 5.02 Å². The highest BCUT2D eigenvalue weighted by atomic mass is 35.5. The van der Waals surface area contributed by atoms with Crippen LogP contribution < -0.4 is 14.8 Å². The number of benzene rings is 2. The summed E-state index contributed by atoms with van der Waals surface area (Å²) < 4.78 is 11.2. The van der Waals surface area contributed by atoms with Crippen LogP contribution in [0.25, 0.3) is 0 Å². The average molecular weight is 359 g/mol. The molecule has 0 bridgehead atoms. The van der Waals surface area contributed by atoms with Crippen molar-refractivity contribution in [1.82, 2.24) is 5.32 Å². The number of hydrogen-bond acceptors (Lipinski definition) is 4. The van der Waals surface area contributed by atoms with E-state index in [1.165, 1.54) is 0 Å². The van der Waals surface area contributed by atoms with E-state index in [1.807, 2.05) is 48.5 Å². The second-order valence-electron chi connectivity index (χ2n) is 5.34. The Hall–Kier alpha value is -2.71. The molecule has 130 valence electrons. The van der Waals surface area contributed by atoms with Crippen molar-refractivity contribution in [3.05, 3.63) is 58.6 Å². The number of amides is 1. The van der Waals surface area contributed by atoms with E-state index in [4.69, 9.17) is 26.3 Å². The van der Waals surface area contributed by atoms with Crippen LogP contribution in [-0.2, 0) is 17.8 Å². The fraction of sp³-hybridized carbons (Fsp3) is 0.263. The average Bonchev–Trinajstić information content (AvgIpc) is 2.60. The molecule has 1 amide bonds. The zero-order chi connectivity index (χ0) is 18.1. The standard InChI is InChI=1S/C19H19ClN2O3/c1-24-18-12-14(8-10-22-19(23)7-9-21)5-6-17(18)25-13-15-3-2-4-16(20)11-15/h2-6,11-12H,7-8,10,13H2,1H3,(H,22,23). The van der Waals surface area contributed by atoms with Crippen molar-refractivity contribution in [2.75, 3.05) is 13.7 Å². The maximum absolute atomic E-state index is 11.3. The lowest BCUT2D eigenvalue weighted by atomic mass is 10.1. The van der Waals surface area contributed by atoms with E-state index in [9.17, 15) is 4.79 Å². The van der Waals surface area contributed by atoms with Gasteiger partial charge in [-0.25, -0.2) is 0 Å². The van der Waals surface area contributed by atoms with Crippen molar-refractivity contribution < 1.29 is 14.3 Å². The molecule has 0 aromatic heterocycles. The number of carbonyl (C=O) groups is 1. The summed E-state index contributed by atoms with van der Waals surface area (Å²) >= 11 is 5.97. The Labute approximate surface area is 152 Å². The van der Waals surface area contributed by atoms with Crippen LogP contribution in [0.3, 0.4) is 0 Å². The molecule has 0 unspecified atom stereocenters. The first-order valence-corrected chi connectivity index (χ1v) is 8.18. The van der Waals surface area contributed by atoms with E-state index in [0.29, 0.717) is 36.1 Å². The number of methoxy groups -OCH3 is 1. The summed E-state index contributed by atoms with van der Waals surface area (Å²) in [5.41, 5.74) is 1.98. The van der Waals surface area contributed by atoms with Crippen molar-refractivity contribution in [1.29, 1.82) is 5.26 Å². The van der Waals surface area contributed by atoms with Crippen molar-refractivity contribution >= 4 is 17.5 Å². The van der Waals surface area contributed by atoms with Gasteiger partial charge >= 0.3 is 0 Å². The van der Waals surface area contributed by atoms with E-state index in [0.717, 1.165) is 11.1 Å². The summed E-state index contributed by atoms with van der Waals surface area (Å²) in [4.78, 5) is 11.3. The molecule has 0 aliphatic carbocycles. The molecule has 2 aromatic rings. The SMILES string of the molecule is COc1cc(CCNC(=O)CC#N)ccc1OCc1cccc(Cl)c1. The summed E-state index contributed by atoms with van der Waals surface area (Å²) in [5, 5.41) is 11.8. The first kappa shape index (κ1) is 18.6. The first-order valence-electron chi connectivity index (χ1n) is 7.80. The normalized spacial score (nSPS) is 9.96. The number of ether oxygens (including phenoxy) is 2. The van der Waals surface area contributed by atoms with Gasteiger partial charge in [0.15, 0.2) is 11.5 Å². The third kappa shape index (κ3) is 6.02. The quantitative estimate of drug-likeness (QED) is 0.784. The van der Waals surface area contributed by atoms with E-state index in [2.05, 4.69) is 5.32 Å². The molecule has 2 rings (SSSR count). The van der Waals surface area contributed by atoms with Crippen molar-refractivity contribution in [3.63, 3.8) is 0 Å². The van der Waals surface area contributed by atoms with E-state index < -0.39 is 0 Å². The van der Waals surface area contributed by atoms with Gasteiger partial charge in [-0.1, -0.05) is 29.8 Å². The van der Waals surface area contributed by atoms with Crippen molar-refractivity contribution in [3.8, 4) is 17.6 Å². The molecular weight excluding hydrogens is 340 g/mol. The molecule has 0 atom stereocenters. The second-order valence-corrected chi connectivity index (χ2v) is 5.78. The molecule has 5 nitrogen and oxygen atoms in total. The molecule has 0 aliphatic heterocycles. The molecule has 1 N–H and O–H groups in total. The number of nitrogens with zero attached hydrogens (tertiary/aromatic N) is 1. The summed E-state index contributed by atoms with van der Waals surface area (Å²) in [6.45, 7) is 0.854. The van der Waals surface area contributed by atoms with Crippen LogP contribution in [0.15, 0.2) is 42.5 Å². The molecule has 25 heavy (non-hydrogen) atoms. The van der Waals surface area contributed by atoms with Crippen LogP contribution in [0.5, 0.6) is 11.5 Å². The predicted octanol–water partition coefficient (Wildman–Crippen LogP) is 3.50. The van der Waals surface area contributed by atoms with E-state index in [1.54, 1.807) is 7.11 Å². The van der Waals surface area contributed by atoms with Gasteiger partial charge in [-0.3, -0.25) is 4.79 Å². The Bertz CT molecular complexity index is 772. The lowest BCUT2D eigenvalue weighted by Gasteiger charge is -2.12. The number of halogens is 1. The maximum Gasteiger partial charge on any atom is 0.234 e. The molecule has 0 spiro atoms. The Kier molecular flexibility index (Phi) is 7.12. The fourth-order valence-corrected chi connectivity index (χ4v) is 2.47. The third-order valence-electron chi connectivity index (χ3n) is 3.49. The Morgan fingerprint density at radius 2 is 2.04 bits per heavy atom. The zero-order valence-corrected chi connectivity index (χ0v) is 14.7. The minimum atomic E-state index is -0.268. The maximum atomic E-state index is 11.3. The molecule has 0 aliphatic rings. The lowest BCUT2D eigenvalue weighted by Crippen LogP contribution is -2.24. The van der Waals surface area contributed by atoms with E-state index in [-0.39, 0.29) is 12.3 Å². The number of nitriles is 1. The summed E-state index contributed by atoms with van der Waals surface area (Å²) in [6.07, 6.45) is 0.516. The highest BCUT2D eigenvalue weighted by Gasteiger charge is 2.07. The summed E-state index contributed by atoms with van der Waals surface area (Å²) in [5.74, 6) is 0.999. The van der Waals surface area contributed by atoms with E-state index >= 15 is 0 Å². The lowest BCUT2D eigenvalue weighted by molar-refractivity contribution is -0.120. The van der Waals surface area contributed by atoms with Gasteiger partial charge in [-0.15, -0.1) is 0 Å². The van der Waals surface area contributed by atoms with Gasteiger partial charge in [0, 0.05) is 11.6 Å². The van der Waals surface area contributed by atoms with Gasteiger partial charge < -0.3 is 14.8 Å². The molecule has 2 aromatic carbocycles. The Morgan fingerprint density at radius 3 is 2.76 bits per heavy atom. The minimum absolute atomic E-state index is 0.125. The largest absolute Gasteiger partial charge is 0.493 e. The van der Waals surface area contributed by atoms with Gasteiger partial charge in [0.2, 0.25) is 5.91 Å². The first-order chi connectivity index (χ1) is 12.1. The summed E-state index contributed by atoms with van der Waals surface area (Å²) in [7, 11) is 1.58. The van der Waals surface area contributed by atoms with Crippen LogP contribution in [0, 0.1) is 11.3 Å². The van der Waals surface area contributed by atoms with Gasteiger partial charge in [0.25, 0.3) is 0 Å². The molecule has 0 saturated heterocycles. The molecule has 6 heteroatoms. The molecule has 0 fully saturated rings. The Balaban J connectivity index is 1.94. The van der Waals surface area contributed by atoms with Crippen molar-refractivity contribution in [2.24, 2.45) is 0 Å². The van der Waals surface area contributed by atoms with Crippen LogP contribution in [0.4, 0.5) is 0 Å². The molecular formula is C19H19ClN2O3. The summed E-state index contributed by atoms with van der Waals surface area (Å²) in [6, 6.07) is 14.9. The van der Waals surface area contributed by atoms with Gasteiger partial charge in [0.05, 0.1) is 13.2 Å². The van der Waals surface area contributed by atoms with Crippen molar-refractivity contribution in [2.45, 2.75) is 19.4 Å². The second kappa shape index (κ2) is 9.55. The van der Waals surface area contributed by atoms with Gasteiger partial charge in [-0.2, -0.15) is 5.26 Å².